The Balaban J connectivity index is 1.29. The van der Waals surface area contributed by atoms with E-state index in [1.165, 1.54) is 0 Å². The van der Waals surface area contributed by atoms with Crippen LogP contribution in [0.15, 0.2) is 91.1 Å². The summed E-state index contributed by atoms with van der Waals surface area (Å²) in [5.74, 6) is 1.59. The summed E-state index contributed by atoms with van der Waals surface area (Å²) >= 11 is 0. The van der Waals surface area contributed by atoms with Crippen LogP contribution in [-0.2, 0) is 6.54 Å². The summed E-state index contributed by atoms with van der Waals surface area (Å²) in [6.07, 6.45) is 2.12. The Bertz CT molecular complexity index is 1770. The van der Waals surface area contributed by atoms with Crippen molar-refractivity contribution in [1.29, 1.82) is 0 Å². The van der Waals surface area contributed by atoms with Crippen molar-refractivity contribution in [2.45, 2.75) is 13.5 Å². The molecule has 1 amide bonds. The number of ether oxygens (including phenoxy) is 2. The number of ketones is 1. The van der Waals surface area contributed by atoms with Crippen molar-refractivity contribution in [3.63, 3.8) is 0 Å². The molecular formula is C35H34N4O4. The minimum absolute atomic E-state index is 0.0367. The molecule has 3 aromatic carbocycles. The van der Waals surface area contributed by atoms with Gasteiger partial charge in [-0.15, -0.1) is 0 Å². The van der Waals surface area contributed by atoms with E-state index in [1.54, 1.807) is 21.1 Å². The van der Waals surface area contributed by atoms with Gasteiger partial charge in [0.25, 0.3) is 5.91 Å². The van der Waals surface area contributed by atoms with Gasteiger partial charge in [-0.1, -0.05) is 36.4 Å². The lowest BCUT2D eigenvalue weighted by Crippen LogP contribution is -2.48. The average molecular weight is 575 g/mol. The van der Waals surface area contributed by atoms with Crippen molar-refractivity contribution < 1.29 is 19.1 Å². The highest BCUT2D eigenvalue weighted by Gasteiger charge is 2.25. The number of amides is 1. The van der Waals surface area contributed by atoms with Crippen molar-refractivity contribution >= 4 is 17.3 Å². The average Bonchev–Trinajstić information content (AvgIpc) is 3.42. The zero-order valence-electron chi connectivity index (χ0n) is 24.6. The number of rotatable bonds is 8. The normalized spacial score (nSPS) is 13.7. The van der Waals surface area contributed by atoms with E-state index in [9.17, 15) is 9.59 Å². The van der Waals surface area contributed by atoms with Crippen molar-refractivity contribution in [2.75, 3.05) is 40.4 Å². The number of imidazole rings is 1. The van der Waals surface area contributed by atoms with Crippen molar-refractivity contribution in [3.05, 3.63) is 108 Å². The van der Waals surface area contributed by atoms with Crippen molar-refractivity contribution in [2.24, 2.45) is 0 Å². The number of piperazine rings is 1. The number of fused-ring (bicyclic) bond motifs is 1. The van der Waals surface area contributed by atoms with Gasteiger partial charge in [-0.05, 0) is 66.6 Å². The van der Waals surface area contributed by atoms with Crippen molar-refractivity contribution in [1.82, 2.24) is 19.2 Å². The van der Waals surface area contributed by atoms with Crippen LogP contribution in [0.5, 0.6) is 11.5 Å². The van der Waals surface area contributed by atoms with Gasteiger partial charge >= 0.3 is 0 Å². The van der Waals surface area contributed by atoms with Crippen LogP contribution >= 0.6 is 0 Å². The van der Waals surface area contributed by atoms with Crippen molar-refractivity contribution in [3.8, 4) is 33.9 Å². The first-order chi connectivity index (χ1) is 20.9. The lowest BCUT2D eigenvalue weighted by Gasteiger charge is -2.34. The SMILES string of the molecule is COc1ccc(C(=O)N2CCN(Cc3c(-c4cccc(OC)c4)nc4ccc(-c5ccc(C(C)=O)cc5)cn34)CC2)cc1. The van der Waals surface area contributed by atoms with Gasteiger partial charge in [0, 0.05) is 55.6 Å². The highest BCUT2D eigenvalue weighted by atomic mass is 16.5. The Labute approximate surface area is 251 Å². The molecule has 8 heteroatoms. The topological polar surface area (TPSA) is 76.4 Å². The Hall–Kier alpha value is -4.95. The third-order valence-electron chi connectivity index (χ3n) is 8.06. The zero-order chi connectivity index (χ0) is 29.9. The second-order valence-corrected chi connectivity index (χ2v) is 10.7. The standard InChI is InChI=1S/C35H34N4O4/c1-24(40)25-7-9-26(10-8-25)29-13-16-33-36-34(28-5-4-6-31(21-28)43-3)32(39(33)22-29)23-37-17-19-38(20-18-37)35(41)27-11-14-30(42-2)15-12-27/h4-16,21-22H,17-20,23H2,1-3H3. The molecule has 1 fully saturated rings. The lowest BCUT2D eigenvalue weighted by atomic mass is 10.0. The Morgan fingerprint density at radius 1 is 0.744 bits per heavy atom. The molecule has 3 heterocycles. The maximum Gasteiger partial charge on any atom is 0.253 e. The van der Waals surface area contributed by atoms with E-state index >= 15 is 0 Å². The van der Waals surface area contributed by atoms with E-state index in [0.29, 0.717) is 30.8 Å². The lowest BCUT2D eigenvalue weighted by molar-refractivity contribution is 0.0626. The largest absolute Gasteiger partial charge is 0.497 e. The molecule has 0 N–H and O–H groups in total. The number of Topliss-reactive ketones (excluding diaryl/α,β-unsaturated/α-hetero) is 1. The second kappa shape index (κ2) is 12.1. The number of pyridine rings is 1. The maximum absolute atomic E-state index is 13.1. The van der Waals surface area contributed by atoms with Crippen LogP contribution in [0, 0.1) is 0 Å². The van der Waals surface area contributed by atoms with Crippen LogP contribution < -0.4 is 9.47 Å². The molecule has 1 aliphatic rings. The molecular weight excluding hydrogens is 540 g/mol. The first-order valence-electron chi connectivity index (χ1n) is 14.4. The number of hydrogen-bond acceptors (Lipinski definition) is 6. The first-order valence-corrected chi connectivity index (χ1v) is 14.4. The van der Waals surface area contributed by atoms with E-state index in [4.69, 9.17) is 14.5 Å². The predicted octanol–water partition coefficient (Wildman–Crippen LogP) is 5.85. The van der Waals surface area contributed by atoms with Crippen LogP contribution in [0.1, 0.15) is 33.3 Å². The first kappa shape index (κ1) is 28.2. The summed E-state index contributed by atoms with van der Waals surface area (Å²) in [4.78, 5) is 34.3. The summed E-state index contributed by atoms with van der Waals surface area (Å²) < 4.78 is 12.9. The van der Waals surface area contributed by atoms with Crippen LogP contribution in [0.25, 0.3) is 28.0 Å². The number of aromatic nitrogens is 2. The molecule has 218 valence electrons. The summed E-state index contributed by atoms with van der Waals surface area (Å²) in [6.45, 7) is 5.03. The van der Waals surface area contributed by atoms with Crippen LogP contribution in [0.4, 0.5) is 0 Å². The number of benzene rings is 3. The molecule has 0 spiro atoms. The van der Waals surface area contributed by atoms with Gasteiger partial charge in [0.05, 0.1) is 25.6 Å². The van der Waals surface area contributed by atoms with Crippen LogP contribution in [0.2, 0.25) is 0 Å². The molecule has 0 atom stereocenters. The van der Waals surface area contributed by atoms with Gasteiger partial charge in [-0.2, -0.15) is 0 Å². The summed E-state index contributed by atoms with van der Waals surface area (Å²) in [5, 5.41) is 0. The summed E-state index contributed by atoms with van der Waals surface area (Å²) in [6, 6.07) is 27.0. The van der Waals surface area contributed by atoms with Gasteiger partial charge in [0.2, 0.25) is 0 Å². The molecule has 43 heavy (non-hydrogen) atoms. The van der Waals surface area contributed by atoms with E-state index in [2.05, 4.69) is 27.6 Å². The highest BCUT2D eigenvalue weighted by Crippen LogP contribution is 2.31. The smallest absolute Gasteiger partial charge is 0.253 e. The Morgan fingerprint density at radius 2 is 1.42 bits per heavy atom. The molecule has 8 nitrogen and oxygen atoms in total. The minimum Gasteiger partial charge on any atom is -0.497 e. The van der Waals surface area contributed by atoms with Gasteiger partial charge in [0.1, 0.15) is 17.1 Å². The number of methoxy groups -OCH3 is 2. The molecule has 0 aliphatic carbocycles. The highest BCUT2D eigenvalue weighted by molar-refractivity contribution is 5.95. The molecule has 1 aliphatic heterocycles. The van der Waals surface area contributed by atoms with Crippen LogP contribution in [0.3, 0.4) is 0 Å². The van der Waals surface area contributed by atoms with Gasteiger partial charge in [-0.25, -0.2) is 4.98 Å². The van der Waals surface area contributed by atoms with Crippen LogP contribution in [-0.4, -0.2) is 71.3 Å². The summed E-state index contributed by atoms with van der Waals surface area (Å²) in [7, 11) is 3.28. The predicted molar refractivity (Wildman–Crippen MR) is 167 cm³/mol. The Kier molecular flexibility index (Phi) is 7.94. The van der Waals surface area contributed by atoms with Gasteiger partial charge in [0.15, 0.2) is 5.78 Å². The monoisotopic (exact) mass is 574 g/mol. The van der Waals surface area contributed by atoms with E-state index in [0.717, 1.165) is 58.3 Å². The Morgan fingerprint density at radius 3 is 2.09 bits per heavy atom. The maximum atomic E-state index is 13.1. The molecule has 5 aromatic rings. The quantitative estimate of drug-likeness (QED) is 0.217. The zero-order valence-corrected chi connectivity index (χ0v) is 24.6. The summed E-state index contributed by atoms with van der Waals surface area (Å²) in [5.41, 5.74) is 7.23. The fraction of sp³-hybridized carbons (Fsp3) is 0.229. The van der Waals surface area contributed by atoms with Gasteiger partial charge in [-0.3, -0.25) is 14.5 Å². The third kappa shape index (κ3) is 5.87. The fourth-order valence-electron chi connectivity index (χ4n) is 5.55. The number of carbonyl (C=O) groups is 2. The van der Waals surface area contributed by atoms with E-state index in [1.807, 2.05) is 77.7 Å². The molecule has 0 bridgehead atoms. The van der Waals surface area contributed by atoms with E-state index in [-0.39, 0.29) is 11.7 Å². The molecule has 6 rings (SSSR count). The molecule has 0 saturated carbocycles. The molecule has 1 saturated heterocycles. The number of nitrogens with zero attached hydrogens (tertiary/aromatic N) is 4. The number of hydrogen-bond donors (Lipinski definition) is 0. The minimum atomic E-state index is 0.0367. The fourth-order valence-corrected chi connectivity index (χ4v) is 5.55. The number of carbonyl (C=O) groups excluding carboxylic acids is 2. The second-order valence-electron chi connectivity index (χ2n) is 10.7. The van der Waals surface area contributed by atoms with E-state index < -0.39 is 0 Å². The molecule has 0 radical (unpaired) electrons. The molecule has 2 aromatic heterocycles. The molecule has 0 unspecified atom stereocenters. The van der Waals surface area contributed by atoms with Gasteiger partial charge < -0.3 is 18.8 Å². The third-order valence-corrected chi connectivity index (χ3v) is 8.06.